The quantitative estimate of drug-likeness (QED) is 0.467. The van der Waals surface area contributed by atoms with Gasteiger partial charge in [0.1, 0.15) is 4.84 Å². The summed E-state index contributed by atoms with van der Waals surface area (Å²) in [5, 5.41) is 0. The Labute approximate surface area is 68.4 Å². The second-order valence-corrected chi connectivity index (χ2v) is 3.72. The Morgan fingerprint density at radius 2 is 1.75 bits per heavy atom. The zero-order valence-corrected chi connectivity index (χ0v) is 6.90. The van der Waals surface area contributed by atoms with Crippen LogP contribution in [0.25, 0.3) is 0 Å². The van der Waals surface area contributed by atoms with Crippen LogP contribution in [-0.2, 0) is 0 Å². The highest BCUT2D eigenvalue weighted by Gasteiger charge is 2.27. The third-order valence-electron chi connectivity index (χ3n) is 0.563. The summed E-state index contributed by atoms with van der Waals surface area (Å²) < 4.78 is -1.22. The summed E-state index contributed by atoms with van der Waals surface area (Å²) >= 11 is 21.5. The summed E-state index contributed by atoms with van der Waals surface area (Å²) in [4.78, 5) is -0.830. The van der Waals surface area contributed by atoms with Gasteiger partial charge in [-0.3, -0.25) is 0 Å². The van der Waals surface area contributed by atoms with Gasteiger partial charge in [-0.05, 0) is 0 Å². The molecule has 0 fully saturated rings. The van der Waals surface area contributed by atoms with Crippen molar-refractivity contribution in [2.45, 2.75) is 9.17 Å². The van der Waals surface area contributed by atoms with Crippen LogP contribution in [0.3, 0.4) is 0 Å². The lowest BCUT2D eigenvalue weighted by molar-refractivity contribution is 1.07. The molecule has 0 atom stereocenters. The van der Waals surface area contributed by atoms with Crippen LogP contribution >= 0.6 is 46.4 Å². The standard InChI is InChI=1S/C4H4Cl4/c1-2-4(7,8)3(5)6/h2-3H,1H2. The van der Waals surface area contributed by atoms with E-state index in [2.05, 4.69) is 6.58 Å². The minimum absolute atomic E-state index is 0.830. The third-order valence-corrected chi connectivity index (χ3v) is 2.44. The van der Waals surface area contributed by atoms with Crippen molar-refractivity contribution in [3.8, 4) is 0 Å². The molecule has 0 aromatic rings. The average Bonchev–Trinajstić information content (AvgIpc) is 1.67. The van der Waals surface area contributed by atoms with Crippen molar-refractivity contribution in [1.82, 2.24) is 0 Å². The Kier molecular flexibility index (Phi) is 3.52. The maximum Gasteiger partial charge on any atom is 0.165 e. The van der Waals surface area contributed by atoms with Crippen LogP contribution in [0.1, 0.15) is 0 Å². The lowest BCUT2D eigenvalue weighted by atomic mass is 10.5. The number of allylic oxidation sites excluding steroid dienone is 1. The van der Waals surface area contributed by atoms with Crippen molar-refractivity contribution in [2.24, 2.45) is 0 Å². The molecule has 0 nitrogen and oxygen atoms in total. The van der Waals surface area contributed by atoms with E-state index in [-0.39, 0.29) is 0 Å². The SMILES string of the molecule is C=CC(Cl)(Cl)C(Cl)Cl. The first-order valence-corrected chi connectivity index (χ1v) is 3.43. The van der Waals surface area contributed by atoms with Crippen LogP contribution in [0, 0.1) is 0 Å². The van der Waals surface area contributed by atoms with E-state index < -0.39 is 9.17 Å². The van der Waals surface area contributed by atoms with Gasteiger partial charge in [0.05, 0.1) is 0 Å². The molecule has 0 aromatic heterocycles. The van der Waals surface area contributed by atoms with Gasteiger partial charge >= 0.3 is 0 Å². The van der Waals surface area contributed by atoms with Gasteiger partial charge in [0.15, 0.2) is 4.33 Å². The highest BCUT2D eigenvalue weighted by atomic mass is 35.5. The number of rotatable bonds is 2. The summed E-state index contributed by atoms with van der Waals surface area (Å²) in [6, 6.07) is 0. The van der Waals surface area contributed by atoms with Gasteiger partial charge in [-0.25, -0.2) is 0 Å². The molecule has 0 aliphatic heterocycles. The van der Waals surface area contributed by atoms with Crippen molar-refractivity contribution in [2.75, 3.05) is 0 Å². The minimum Gasteiger partial charge on any atom is -0.102 e. The van der Waals surface area contributed by atoms with E-state index in [1.165, 1.54) is 6.08 Å². The fourth-order valence-electron chi connectivity index (χ4n) is 0.0891. The molecule has 0 amide bonds. The number of hydrogen-bond acceptors (Lipinski definition) is 0. The van der Waals surface area contributed by atoms with Gasteiger partial charge in [0, 0.05) is 0 Å². The zero-order valence-electron chi connectivity index (χ0n) is 3.87. The molecule has 0 radical (unpaired) electrons. The molecule has 4 heteroatoms. The van der Waals surface area contributed by atoms with Crippen molar-refractivity contribution in [3.05, 3.63) is 12.7 Å². The van der Waals surface area contributed by atoms with Crippen LogP contribution in [-0.4, -0.2) is 9.17 Å². The van der Waals surface area contributed by atoms with E-state index in [1.807, 2.05) is 0 Å². The van der Waals surface area contributed by atoms with Gasteiger partial charge < -0.3 is 0 Å². The molecule has 8 heavy (non-hydrogen) atoms. The Bertz CT molecular complexity index is 86.0. The first kappa shape index (κ1) is 8.90. The van der Waals surface area contributed by atoms with E-state index in [4.69, 9.17) is 46.4 Å². The number of halogens is 4. The first-order chi connectivity index (χ1) is 3.50. The normalized spacial score (nSPS) is 12.1. The van der Waals surface area contributed by atoms with Crippen molar-refractivity contribution < 1.29 is 0 Å². The molecule has 0 rings (SSSR count). The molecule has 48 valence electrons. The Morgan fingerprint density at radius 1 is 1.38 bits per heavy atom. The monoisotopic (exact) mass is 192 g/mol. The van der Waals surface area contributed by atoms with E-state index in [0.717, 1.165) is 0 Å². The summed E-state index contributed by atoms with van der Waals surface area (Å²) in [5.41, 5.74) is 0. The second kappa shape index (κ2) is 3.17. The first-order valence-electron chi connectivity index (χ1n) is 1.80. The van der Waals surface area contributed by atoms with E-state index in [9.17, 15) is 0 Å². The van der Waals surface area contributed by atoms with Crippen LogP contribution in [0.5, 0.6) is 0 Å². The Hall–Kier alpha value is 0.900. The van der Waals surface area contributed by atoms with Crippen molar-refractivity contribution in [3.63, 3.8) is 0 Å². The predicted molar refractivity (Wildman–Crippen MR) is 40.1 cm³/mol. The second-order valence-electron chi connectivity index (χ2n) is 1.18. The summed E-state index contributed by atoms with van der Waals surface area (Å²) in [6.45, 7) is 3.32. The molecule has 0 aliphatic rings. The third kappa shape index (κ3) is 2.45. The Balaban J connectivity index is 3.90. The van der Waals surface area contributed by atoms with Gasteiger partial charge in [-0.15, -0.1) is 29.8 Å². The molecule has 0 spiro atoms. The smallest absolute Gasteiger partial charge is 0.102 e. The summed E-state index contributed by atoms with van der Waals surface area (Å²) in [7, 11) is 0. The number of alkyl halides is 4. The van der Waals surface area contributed by atoms with Gasteiger partial charge in [-0.2, -0.15) is 0 Å². The minimum atomic E-state index is -1.22. The molecule has 0 aliphatic carbocycles. The van der Waals surface area contributed by atoms with Gasteiger partial charge in [0.25, 0.3) is 0 Å². The lowest BCUT2D eigenvalue weighted by Gasteiger charge is -2.13. The molecule has 0 saturated heterocycles. The summed E-state index contributed by atoms with van der Waals surface area (Å²) in [6.07, 6.45) is 1.28. The molecular weight excluding hydrogens is 190 g/mol. The molecule has 0 heterocycles. The molecule has 0 saturated carbocycles. The summed E-state index contributed by atoms with van der Waals surface area (Å²) in [5.74, 6) is 0. The van der Waals surface area contributed by atoms with Crippen LogP contribution in [0.15, 0.2) is 12.7 Å². The van der Waals surface area contributed by atoms with E-state index >= 15 is 0 Å². The molecule has 0 aromatic carbocycles. The highest BCUT2D eigenvalue weighted by molar-refractivity contribution is 6.60. The van der Waals surface area contributed by atoms with Crippen molar-refractivity contribution in [1.29, 1.82) is 0 Å². The van der Waals surface area contributed by atoms with E-state index in [1.54, 1.807) is 0 Å². The zero-order chi connectivity index (χ0) is 6.78. The van der Waals surface area contributed by atoms with Crippen LogP contribution in [0.4, 0.5) is 0 Å². The fourth-order valence-corrected chi connectivity index (χ4v) is 0.267. The maximum absolute atomic E-state index is 5.44. The van der Waals surface area contributed by atoms with Crippen LogP contribution < -0.4 is 0 Å². The molecular formula is C4H4Cl4. The fraction of sp³-hybridized carbons (Fsp3) is 0.500. The Morgan fingerprint density at radius 3 is 1.75 bits per heavy atom. The maximum atomic E-state index is 5.44. The molecule has 0 N–H and O–H groups in total. The predicted octanol–water partition coefficient (Wildman–Crippen LogP) is 3.15. The number of hydrogen-bond donors (Lipinski definition) is 0. The molecule has 0 bridgehead atoms. The van der Waals surface area contributed by atoms with Gasteiger partial charge in [-0.1, -0.05) is 29.3 Å². The molecule has 0 unspecified atom stereocenters. The highest BCUT2D eigenvalue weighted by Crippen LogP contribution is 2.32. The largest absolute Gasteiger partial charge is 0.165 e. The van der Waals surface area contributed by atoms with Crippen LogP contribution in [0.2, 0.25) is 0 Å². The topological polar surface area (TPSA) is 0 Å². The van der Waals surface area contributed by atoms with E-state index in [0.29, 0.717) is 0 Å². The lowest BCUT2D eigenvalue weighted by Crippen LogP contribution is -2.17. The van der Waals surface area contributed by atoms with Gasteiger partial charge in [0.2, 0.25) is 0 Å². The average molecular weight is 194 g/mol. The van der Waals surface area contributed by atoms with Crippen molar-refractivity contribution >= 4 is 46.4 Å².